The first-order valence-corrected chi connectivity index (χ1v) is 6.49. The van der Waals surface area contributed by atoms with E-state index in [-0.39, 0.29) is 0 Å². The molecule has 0 amide bonds. The van der Waals surface area contributed by atoms with Crippen molar-refractivity contribution in [2.45, 2.75) is 18.2 Å². The molecule has 15 heavy (non-hydrogen) atoms. The molecule has 0 radical (unpaired) electrons. The summed E-state index contributed by atoms with van der Waals surface area (Å²) in [5.74, 6) is 1.20. The molecule has 1 aliphatic heterocycles. The second-order valence-corrected chi connectivity index (χ2v) is 5.04. The van der Waals surface area contributed by atoms with Gasteiger partial charge in [0.2, 0.25) is 0 Å². The van der Waals surface area contributed by atoms with Crippen molar-refractivity contribution in [1.29, 1.82) is 0 Å². The summed E-state index contributed by atoms with van der Waals surface area (Å²) < 4.78 is 0. The summed E-state index contributed by atoms with van der Waals surface area (Å²) in [5.41, 5.74) is 8.39. The van der Waals surface area contributed by atoms with Crippen molar-refractivity contribution in [1.82, 2.24) is 0 Å². The summed E-state index contributed by atoms with van der Waals surface area (Å²) in [6.45, 7) is 5.22. The van der Waals surface area contributed by atoms with Crippen LogP contribution in [0.2, 0.25) is 0 Å². The number of para-hydroxylation sites is 1. The predicted molar refractivity (Wildman–Crippen MR) is 67.8 cm³/mol. The number of rotatable bonds is 3. The lowest BCUT2D eigenvalue weighted by molar-refractivity contribution is 0.744. The van der Waals surface area contributed by atoms with Gasteiger partial charge in [-0.25, -0.2) is 0 Å². The minimum Gasteiger partial charge on any atom is -0.370 e. The van der Waals surface area contributed by atoms with Crippen molar-refractivity contribution in [3.05, 3.63) is 23.8 Å². The van der Waals surface area contributed by atoms with Crippen LogP contribution in [0.15, 0.2) is 23.1 Å². The molecule has 0 unspecified atom stereocenters. The van der Waals surface area contributed by atoms with Gasteiger partial charge in [-0.2, -0.15) is 0 Å². The number of hydrogen-bond acceptors (Lipinski definition) is 3. The first-order chi connectivity index (χ1) is 7.33. The Morgan fingerprint density at radius 3 is 3.13 bits per heavy atom. The van der Waals surface area contributed by atoms with Crippen LogP contribution in [-0.2, 0) is 0 Å². The normalized spacial score (nSPS) is 15.2. The van der Waals surface area contributed by atoms with Gasteiger partial charge in [-0.05, 0) is 31.5 Å². The Morgan fingerprint density at radius 2 is 2.33 bits per heavy atom. The van der Waals surface area contributed by atoms with Crippen LogP contribution < -0.4 is 10.6 Å². The molecule has 1 aromatic carbocycles. The molecule has 1 aromatic rings. The van der Waals surface area contributed by atoms with Crippen LogP contribution in [0.3, 0.4) is 0 Å². The van der Waals surface area contributed by atoms with Crippen molar-refractivity contribution < 1.29 is 0 Å². The first-order valence-electron chi connectivity index (χ1n) is 5.50. The van der Waals surface area contributed by atoms with Crippen molar-refractivity contribution in [3.8, 4) is 0 Å². The van der Waals surface area contributed by atoms with Gasteiger partial charge in [0.05, 0.1) is 5.69 Å². The highest BCUT2D eigenvalue weighted by molar-refractivity contribution is 7.99. The Labute approximate surface area is 95.8 Å². The van der Waals surface area contributed by atoms with Crippen molar-refractivity contribution >= 4 is 17.4 Å². The molecule has 2 N–H and O–H groups in total. The highest BCUT2D eigenvalue weighted by atomic mass is 32.2. The highest BCUT2D eigenvalue weighted by Crippen LogP contribution is 2.36. The van der Waals surface area contributed by atoms with Crippen molar-refractivity contribution in [2.75, 3.05) is 30.3 Å². The number of benzene rings is 1. The SMILES string of the molecule is Cc1cccc2c1N(CCCN)CCS2. The average Bonchev–Trinajstić information content (AvgIpc) is 2.26. The third-order valence-electron chi connectivity index (χ3n) is 2.77. The second kappa shape index (κ2) is 4.90. The summed E-state index contributed by atoms with van der Waals surface area (Å²) in [6.07, 6.45) is 1.08. The standard InChI is InChI=1S/C12H18N2S/c1-10-4-2-5-11-12(10)14(7-3-6-13)8-9-15-11/h2,4-5H,3,6-9,13H2,1H3. The summed E-state index contributed by atoms with van der Waals surface area (Å²) in [6, 6.07) is 6.56. The molecule has 2 rings (SSSR count). The fraction of sp³-hybridized carbons (Fsp3) is 0.500. The molecule has 1 heterocycles. The third-order valence-corrected chi connectivity index (χ3v) is 3.80. The van der Waals surface area contributed by atoms with E-state index >= 15 is 0 Å². The molecule has 0 aliphatic carbocycles. The molecular weight excluding hydrogens is 204 g/mol. The first kappa shape index (κ1) is 10.8. The summed E-state index contributed by atoms with van der Waals surface area (Å²) in [5, 5.41) is 0. The smallest absolute Gasteiger partial charge is 0.0534 e. The van der Waals surface area contributed by atoms with Gasteiger partial charge in [0, 0.05) is 23.7 Å². The minimum atomic E-state index is 0.783. The van der Waals surface area contributed by atoms with Gasteiger partial charge in [-0.3, -0.25) is 0 Å². The van der Waals surface area contributed by atoms with E-state index in [9.17, 15) is 0 Å². The maximum absolute atomic E-state index is 5.57. The van der Waals surface area contributed by atoms with Gasteiger partial charge >= 0.3 is 0 Å². The largest absolute Gasteiger partial charge is 0.370 e. The fourth-order valence-corrected chi connectivity index (χ4v) is 3.17. The van der Waals surface area contributed by atoms with E-state index < -0.39 is 0 Å². The van der Waals surface area contributed by atoms with Gasteiger partial charge in [-0.1, -0.05) is 12.1 Å². The van der Waals surface area contributed by atoms with Gasteiger partial charge in [-0.15, -0.1) is 11.8 Å². The van der Waals surface area contributed by atoms with Crippen molar-refractivity contribution in [3.63, 3.8) is 0 Å². The molecule has 0 atom stereocenters. The van der Waals surface area contributed by atoms with E-state index in [1.54, 1.807) is 0 Å². The molecule has 3 heteroatoms. The van der Waals surface area contributed by atoms with E-state index in [4.69, 9.17) is 5.73 Å². The molecule has 0 aromatic heterocycles. The zero-order valence-corrected chi connectivity index (χ0v) is 10.0. The lowest BCUT2D eigenvalue weighted by atomic mass is 10.1. The lowest BCUT2D eigenvalue weighted by Crippen LogP contribution is -2.31. The molecule has 2 nitrogen and oxygen atoms in total. The number of aryl methyl sites for hydroxylation is 1. The molecule has 0 bridgehead atoms. The zero-order chi connectivity index (χ0) is 10.7. The molecule has 0 saturated heterocycles. The Morgan fingerprint density at radius 1 is 1.47 bits per heavy atom. The van der Waals surface area contributed by atoms with Crippen LogP contribution in [0, 0.1) is 6.92 Å². The van der Waals surface area contributed by atoms with Crippen LogP contribution >= 0.6 is 11.8 Å². The predicted octanol–water partition coefficient (Wildman–Crippen LogP) is 2.26. The lowest BCUT2D eigenvalue weighted by Gasteiger charge is -2.32. The van der Waals surface area contributed by atoms with Crippen LogP contribution in [-0.4, -0.2) is 25.4 Å². The number of thioether (sulfide) groups is 1. The molecule has 1 aliphatic rings. The minimum absolute atomic E-state index is 0.783. The summed E-state index contributed by atoms with van der Waals surface area (Å²) in [4.78, 5) is 3.91. The Bertz CT molecular complexity index is 338. The van der Waals surface area contributed by atoms with E-state index in [1.807, 2.05) is 11.8 Å². The van der Waals surface area contributed by atoms with Gasteiger partial charge in [0.15, 0.2) is 0 Å². The van der Waals surface area contributed by atoms with E-state index in [0.717, 1.165) is 26.1 Å². The molecular formula is C12H18N2S. The number of hydrogen-bond donors (Lipinski definition) is 1. The summed E-state index contributed by atoms with van der Waals surface area (Å²) in [7, 11) is 0. The number of anilines is 1. The molecule has 0 fully saturated rings. The van der Waals surface area contributed by atoms with E-state index in [2.05, 4.69) is 30.0 Å². The molecule has 82 valence electrons. The number of nitrogens with two attached hydrogens (primary N) is 1. The quantitative estimate of drug-likeness (QED) is 0.850. The van der Waals surface area contributed by atoms with Gasteiger partial charge < -0.3 is 10.6 Å². The Kier molecular flexibility index (Phi) is 3.54. The zero-order valence-electron chi connectivity index (χ0n) is 9.20. The maximum atomic E-state index is 5.57. The number of nitrogens with zero attached hydrogens (tertiary/aromatic N) is 1. The topological polar surface area (TPSA) is 29.3 Å². The average molecular weight is 222 g/mol. The fourth-order valence-electron chi connectivity index (χ4n) is 2.04. The third kappa shape index (κ3) is 2.29. The van der Waals surface area contributed by atoms with E-state index in [0.29, 0.717) is 0 Å². The van der Waals surface area contributed by atoms with Crippen LogP contribution in [0.1, 0.15) is 12.0 Å². The van der Waals surface area contributed by atoms with Crippen molar-refractivity contribution in [2.24, 2.45) is 5.73 Å². The highest BCUT2D eigenvalue weighted by Gasteiger charge is 2.18. The Balaban J connectivity index is 2.24. The van der Waals surface area contributed by atoms with E-state index in [1.165, 1.54) is 21.9 Å². The molecule has 0 spiro atoms. The Hall–Kier alpha value is -0.670. The van der Waals surface area contributed by atoms with Gasteiger partial charge in [0.1, 0.15) is 0 Å². The monoisotopic (exact) mass is 222 g/mol. The van der Waals surface area contributed by atoms with Crippen LogP contribution in [0.5, 0.6) is 0 Å². The van der Waals surface area contributed by atoms with Crippen LogP contribution in [0.4, 0.5) is 5.69 Å². The van der Waals surface area contributed by atoms with Gasteiger partial charge in [0.25, 0.3) is 0 Å². The number of fused-ring (bicyclic) bond motifs is 1. The van der Waals surface area contributed by atoms with Crippen LogP contribution in [0.25, 0.3) is 0 Å². The molecule has 0 saturated carbocycles. The second-order valence-electron chi connectivity index (χ2n) is 3.90. The summed E-state index contributed by atoms with van der Waals surface area (Å²) >= 11 is 1.97. The maximum Gasteiger partial charge on any atom is 0.0534 e.